The van der Waals surface area contributed by atoms with E-state index in [-0.39, 0.29) is 12.6 Å². The second-order valence-corrected chi connectivity index (χ2v) is 5.20. The molecular formula is C18H18O3. The Morgan fingerprint density at radius 1 is 1.00 bits per heavy atom. The molecule has 1 heterocycles. The van der Waals surface area contributed by atoms with Crippen LogP contribution in [-0.2, 0) is 6.42 Å². The van der Waals surface area contributed by atoms with Gasteiger partial charge in [0.1, 0.15) is 0 Å². The van der Waals surface area contributed by atoms with Crippen LogP contribution in [0.25, 0.3) is 0 Å². The molecule has 3 heteroatoms. The first-order chi connectivity index (χ1) is 10.3. The Balaban J connectivity index is 1.78. The SMILES string of the molecule is CCCCc1ccc(C(=O)c2ccc3c(c2)OCO3)cc1. The first-order valence-corrected chi connectivity index (χ1v) is 7.31. The van der Waals surface area contributed by atoms with Crippen LogP contribution in [0.2, 0.25) is 0 Å². The summed E-state index contributed by atoms with van der Waals surface area (Å²) in [5, 5.41) is 0. The molecular weight excluding hydrogens is 264 g/mol. The highest BCUT2D eigenvalue weighted by Gasteiger charge is 2.17. The number of aryl methyl sites for hydroxylation is 1. The molecule has 3 rings (SSSR count). The van der Waals surface area contributed by atoms with Gasteiger partial charge in [-0.3, -0.25) is 4.79 Å². The summed E-state index contributed by atoms with van der Waals surface area (Å²) < 4.78 is 10.6. The van der Waals surface area contributed by atoms with E-state index in [2.05, 4.69) is 6.92 Å². The van der Waals surface area contributed by atoms with Crippen LogP contribution in [0.4, 0.5) is 0 Å². The molecule has 0 atom stereocenters. The molecule has 0 aromatic heterocycles. The molecule has 0 spiro atoms. The summed E-state index contributed by atoms with van der Waals surface area (Å²) in [6.07, 6.45) is 3.42. The number of carbonyl (C=O) groups excluding carboxylic acids is 1. The fourth-order valence-electron chi connectivity index (χ4n) is 2.41. The number of benzene rings is 2. The van der Waals surface area contributed by atoms with Crippen LogP contribution in [0.3, 0.4) is 0 Å². The lowest BCUT2D eigenvalue weighted by molar-refractivity contribution is 0.103. The maximum Gasteiger partial charge on any atom is 0.231 e. The molecule has 0 saturated carbocycles. The van der Waals surface area contributed by atoms with Crippen molar-refractivity contribution in [2.75, 3.05) is 6.79 Å². The third kappa shape index (κ3) is 2.92. The van der Waals surface area contributed by atoms with Crippen molar-refractivity contribution in [3.63, 3.8) is 0 Å². The molecule has 2 aromatic rings. The highest BCUT2D eigenvalue weighted by molar-refractivity contribution is 6.09. The third-order valence-electron chi connectivity index (χ3n) is 3.67. The van der Waals surface area contributed by atoms with E-state index in [0.29, 0.717) is 22.6 Å². The quantitative estimate of drug-likeness (QED) is 0.778. The molecule has 21 heavy (non-hydrogen) atoms. The highest BCUT2D eigenvalue weighted by atomic mass is 16.7. The molecule has 1 aliphatic heterocycles. The van der Waals surface area contributed by atoms with Crippen molar-refractivity contribution in [1.82, 2.24) is 0 Å². The lowest BCUT2D eigenvalue weighted by Crippen LogP contribution is -2.01. The monoisotopic (exact) mass is 282 g/mol. The van der Waals surface area contributed by atoms with Gasteiger partial charge in [-0.15, -0.1) is 0 Å². The molecule has 108 valence electrons. The Hall–Kier alpha value is -2.29. The predicted octanol–water partition coefficient (Wildman–Crippen LogP) is 3.99. The first-order valence-electron chi connectivity index (χ1n) is 7.31. The normalized spacial score (nSPS) is 12.4. The van der Waals surface area contributed by atoms with Crippen molar-refractivity contribution >= 4 is 5.78 Å². The van der Waals surface area contributed by atoms with Gasteiger partial charge in [0.15, 0.2) is 17.3 Å². The van der Waals surface area contributed by atoms with Crippen LogP contribution < -0.4 is 9.47 Å². The Morgan fingerprint density at radius 3 is 2.48 bits per heavy atom. The van der Waals surface area contributed by atoms with E-state index in [4.69, 9.17) is 9.47 Å². The second-order valence-electron chi connectivity index (χ2n) is 5.20. The minimum Gasteiger partial charge on any atom is -0.454 e. The Morgan fingerprint density at radius 2 is 1.71 bits per heavy atom. The second kappa shape index (κ2) is 6.00. The molecule has 0 radical (unpaired) electrons. The average Bonchev–Trinajstić information content (AvgIpc) is 3.00. The number of ketones is 1. The van der Waals surface area contributed by atoms with Gasteiger partial charge in [-0.25, -0.2) is 0 Å². The summed E-state index contributed by atoms with van der Waals surface area (Å²) >= 11 is 0. The zero-order valence-corrected chi connectivity index (χ0v) is 12.1. The van der Waals surface area contributed by atoms with E-state index in [0.717, 1.165) is 6.42 Å². The van der Waals surface area contributed by atoms with Gasteiger partial charge in [-0.05, 0) is 36.6 Å². The fraction of sp³-hybridized carbons (Fsp3) is 0.278. The third-order valence-corrected chi connectivity index (χ3v) is 3.67. The highest BCUT2D eigenvalue weighted by Crippen LogP contribution is 2.33. The lowest BCUT2D eigenvalue weighted by atomic mass is 10.00. The number of unbranched alkanes of at least 4 members (excludes halogenated alkanes) is 1. The van der Waals surface area contributed by atoms with Crippen molar-refractivity contribution < 1.29 is 14.3 Å². The summed E-state index contributed by atoms with van der Waals surface area (Å²) in [4.78, 5) is 12.5. The molecule has 0 unspecified atom stereocenters. The van der Waals surface area contributed by atoms with Crippen molar-refractivity contribution in [2.45, 2.75) is 26.2 Å². The van der Waals surface area contributed by atoms with E-state index in [1.807, 2.05) is 24.3 Å². The van der Waals surface area contributed by atoms with Gasteiger partial charge in [0, 0.05) is 11.1 Å². The predicted molar refractivity (Wildman–Crippen MR) is 81.1 cm³/mol. The minimum absolute atomic E-state index is 0.00958. The Kier molecular flexibility index (Phi) is 3.91. The van der Waals surface area contributed by atoms with E-state index in [9.17, 15) is 4.79 Å². The Labute approximate surface area is 124 Å². The first kappa shape index (κ1) is 13.7. The van der Waals surface area contributed by atoms with Gasteiger partial charge in [0.05, 0.1) is 0 Å². The summed E-state index contributed by atoms with van der Waals surface area (Å²) in [5.41, 5.74) is 2.61. The van der Waals surface area contributed by atoms with Gasteiger partial charge in [-0.2, -0.15) is 0 Å². The van der Waals surface area contributed by atoms with Gasteiger partial charge < -0.3 is 9.47 Å². The van der Waals surface area contributed by atoms with E-state index in [1.54, 1.807) is 18.2 Å². The molecule has 0 bridgehead atoms. The van der Waals surface area contributed by atoms with Crippen molar-refractivity contribution in [3.8, 4) is 11.5 Å². The fourth-order valence-corrected chi connectivity index (χ4v) is 2.41. The van der Waals surface area contributed by atoms with Crippen LogP contribution in [0.5, 0.6) is 11.5 Å². The molecule has 0 saturated heterocycles. The minimum atomic E-state index is 0.00958. The number of hydrogen-bond donors (Lipinski definition) is 0. The van der Waals surface area contributed by atoms with E-state index >= 15 is 0 Å². The smallest absolute Gasteiger partial charge is 0.231 e. The number of fused-ring (bicyclic) bond motifs is 1. The topological polar surface area (TPSA) is 35.5 Å². The summed E-state index contributed by atoms with van der Waals surface area (Å²) in [6, 6.07) is 13.2. The molecule has 0 fully saturated rings. The van der Waals surface area contributed by atoms with Crippen LogP contribution in [0, 0.1) is 0 Å². The summed E-state index contributed by atoms with van der Waals surface area (Å²) in [5.74, 6) is 1.34. The Bertz CT molecular complexity index is 644. The molecule has 0 N–H and O–H groups in total. The molecule has 0 aliphatic carbocycles. The number of rotatable bonds is 5. The molecule has 3 nitrogen and oxygen atoms in total. The van der Waals surface area contributed by atoms with Crippen LogP contribution in [-0.4, -0.2) is 12.6 Å². The van der Waals surface area contributed by atoms with Crippen molar-refractivity contribution in [1.29, 1.82) is 0 Å². The van der Waals surface area contributed by atoms with Crippen LogP contribution >= 0.6 is 0 Å². The lowest BCUT2D eigenvalue weighted by Gasteiger charge is -2.05. The molecule has 2 aromatic carbocycles. The molecule has 0 amide bonds. The largest absolute Gasteiger partial charge is 0.454 e. The maximum absolute atomic E-state index is 12.5. The van der Waals surface area contributed by atoms with Gasteiger partial charge in [0.25, 0.3) is 0 Å². The standard InChI is InChI=1S/C18H18O3/c1-2-3-4-13-5-7-14(8-6-13)18(19)15-9-10-16-17(11-15)21-12-20-16/h5-11H,2-4,12H2,1H3. The van der Waals surface area contributed by atoms with E-state index in [1.165, 1.54) is 18.4 Å². The number of carbonyl (C=O) groups is 1. The maximum atomic E-state index is 12.5. The van der Waals surface area contributed by atoms with Crippen molar-refractivity contribution in [2.24, 2.45) is 0 Å². The van der Waals surface area contributed by atoms with Gasteiger partial charge in [0.2, 0.25) is 6.79 Å². The van der Waals surface area contributed by atoms with Crippen molar-refractivity contribution in [3.05, 3.63) is 59.2 Å². The summed E-state index contributed by atoms with van der Waals surface area (Å²) in [7, 11) is 0. The molecule has 1 aliphatic rings. The van der Waals surface area contributed by atoms with Crippen LogP contribution in [0.15, 0.2) is 42.5 Å². The summed E-state index contributed by atoms with van der Waals surface area (Å²) in [6.45, 7) is 2.40. The van der Waals surface area contributed by atoms with Crippen LogP contribution in [0.1, 0.15) is 41.3 Å². The van der Waals surface area contributed by atoms with E-state index < -0.39 is 0 Å². The zero-order chi connectivity index (χ0) is 14.7. The number of hydrogen-bond acceptors (Lipinski definition) is 3. The average molecular weight is 282 g/mol. The number of ether oxygens (including phenoxy) is 2. The van der Waals surface area contributed by atoms with Gasteiger partial charge >= 0.3 is 0 Å². The zero-order valence-electron chi connectivity index (χ0n) is 12.1. The van der Waals surface area contributed by atoms with Gasteiger partial charge in [-0.1, -0.05) is 37.6 Å².